The minimum absolute atomic E-state index is 0.0930. The molecule has 4 rings (SSSR count). The molecule has 9 nitrogen and oxygen atoms in total. The molecule has 0 aromatic heterocycles. The Balaban J connectivity index is 1.54. The number of imide groups is 1. The van der Waals surface area contributed by atoms with Gasteiger partial charge in [0, 0.05) is 29.8 Å². The van der Waals surface area contributed by atoms with Crippen molar-refractivity contribution in [3.63, 3.8) is 0 Å². The quantitative estimate of drug-likeness (QED) is 0.599. The SMILES string of the molecule is CC(C)(C(=O)O)c1ccc(NC(=O)c2cccc3c2CN(C2CCC(=O)NC2=O)C3=O)cc1. The number of anilines is 1. The molecular formula is C24H23N3O6. The van der Waals surface area contributed by atoms with E-state index in [2.05, 4.69) is 10.6 Å². The summed E-state index contributed by atoms with van der Waals surface area (Å²) in [4.78, 5) is 62.4. The van der Waals surface area contributed by atoms with E-state index in [0.29, 0.717) is 27.9 Å². The van der Waals surface area contributed by atoms with Crippen LogP contribution in [0, 0.1) is 0 Å². The lowest BCUT2D eigenvalue weighted by Crippen LogP contribution is -2.52. The van der Waals surface area contributed by atoms with Gasteiger partial charge in [0.2, 0.25) is 11.8 Å². The van der Waals surface area contributed by atoms with Crippen molar-refractivity contribution in [2.75, 3.05) is 5.32 Å². The second-order valence-electron chi connectivity index (χ2n) is 8.69. The molecule has 1 saturated heterocycles. The van der Waals surface area contributed by atoms with Crippen LogP contribution in [-0.4, -0.2) is 45.6 Å². The van der Waals surface area contributed by atoms with Crippen LogP contribution in [0.15, 0.2) is 42.5 Å². The van der Waals surface area contributed by atoms with Crippen molar-refractivity contribution in [3.05, 3.63) is 64.7 Å². The molecule has 0 aliphatic carbocycles. The predicted molar refractivity (Wildman–Crippen MR) is 118 cm³/mol. The fraction of sp³-hybridized carbons (Fsp3) is 0.292. The monoisotopic (exact) mass is 449 g/mol. The van der Waals surface area contributed by atoms with E-state index in [0.717, 1.165) is 0 Å². The van der Waals surface area contributed by atoms with Gasteiger partial charge in [-0.25, -0.2) is 0 Å². The molecule has 1 unspecified atom stereocenters. The number of fused-ring (bicyclic) bond motifs is 1. The maximum atomic E-state index is 13.0. The van der Waals surface area contributed by atoms with E-state index in [1.54, 1.807) is 56.3 Å². The largest absolute Gasteiger partial charge is 0.481 e. The molecule has 4 amide bonds. The van der Waals surface area contributed by atoms with Crippen molar-refractivity contribution in [1.29, 1.82) is 0 Å². The Morgan fingerprint density at radius 2 is 1.79 bits per heavy atom. The first-order valence-corrected chi connectivity index (χ1v) is 10.5. The summed E-state index contributed by atoms with van der Waals surface area (Å²) >= 11 is 0. The topological polar surface area (TPSA) is 133 Å². The Bertz CT molecular complexity index is 1190. The van der Waals surface area contributed by atoms with Crippen LogP contribution >= 0.6 is 0 Å². The zero-order valence-electron chi connectivity index (χ0n) is 18.2. The van der Waals surface area contributed by atoms with E-state index in [1.165, 1.54) is 4.90 Å². The minimum Gasteiger partial charge on any atom is -0.481 e. The molecule has 0 saturated carbocycles. The first kappa shape index (κ1) is 22.2. The van der Waals surface area contributed by atoms with E-state index in [9.17, 15) is 29.1 Å². The molecule has 2 aliphatic heterocycles. The molecule has 1 fully saturated rings. The predicted octanol–water partition coefficient (Wildman–Crippen LogP) is 2.06. The second kappa shape index (κ2) is 8.16. The number of benzene rings is 2. The lowest BCUT2D eigenvalue weighted by atomic mass is 9.85. The summed E-state index contributed by atoms with van der Waals surface area (Å²) in [6.07, 6.45) is 0.392. The Kier molecular flexibility index (Phi) is 5.49. The number of piperidine rings is 1. The minimum atomic E-state index is -1.07. The summed E-state index contributed by atoms with van der Waals surface area (Å²) in [7, 11) is 0. The number of carbonyl (C=O) groups excluding carboxylic acids is 4. The van der Waals surface area contributed by atoms with Gasteiger partial charge in [-0.1, -0.05) is 18.2 Å². The highest BCUT2D eigenvalue weighted by Gasteiger charge is 2.40. The maximum absolute atomic E-state index is 13.0. The van der Waals surface area contributed by atoms with Crippen LogP contribution < -0.4 is 10.6 Å². The van der Waals surface area contributed by atoms with Crippen molar-refractivity contribution in [3.8, 4) is 0 Å². The number of aliphatic carboxylic acids is 1. The maximum Gasteiger partial charge on any atom is 0.313 e. The zero-order chi connectivity index (χ0) is 23.9. The van der Waals surface area contributed by atoms with E-state index in [1.807, 2.05) is 0 Å². The zero-order valence-corrected chi connectivity index (χ0v) is 18.2. The third-order valence-electron chi connectivity index (χ3n) is 6.23. The smallest absolute Gasteiger partial charge is 0.313 e. The Morgan fingerprint density at radius 1 is 1.09 bits per heavy atom. The van der Waals surface area contributed by atoms with Crippen molar-refractivity contribution >= 4 is 35.3 Å². The number of carboxylic acids is 1. The molecule has 2 heterocycles. The van der Waals surface area contributed by atoms with Crippen molar-refractivity contribution in [1.82, 2.24) is 10.2 Å². The van der Waals surface area contributed by atoms with Gasteiger partial charge >= 0.3 is 5.97 Å². The highest BCUT2D eigenvalue weighted by molar-refractivity contribution is 6.10. The summed E-state index contributed by atoms with van der Waals surface area (Å²) in [6.45, 7) is 3.29. The molecule has 0 radical (unpaired) electrons. The Hall–Kier alpha value is -4.01. The highest BCUT2D eigenvalue weighted by Crippen LogP contribution is 2.30. The molecule has 2 aromatic carbocycles. The number of nitrogens with zero attached hydrogens (tertiary/aromatic N) is 1. The fourth-order valence-corrected chi connectivity index (χ4v) is 4.09. The van der Waals surface area contributed by atoms with Gasteiger partial charge in [0.05, 0.1) is 5.41 Å². The van der Waals surface area contributed by atoms with E-state index in [4.69, 9.17) is 0 Å². The molecule has 33 heavy (non-hydrogen) atoms. The lowest BCUT2D eigenvalue weighted by Gasteiger charge is -2.29. The molecule has 0 bridgehead atoms. The van der Waals surface area contributed by atoms with Gasteiger partial charge in [0.25, 0.3) is 11.8 Å². The number of rotatable bonds is 5. The molecule has 1 atom stereocenters. The van der Waals surface area contributed by atoms with Crippen LogP contribution in [0.5, 0.6) is 0 Å². The normalized spacial score (nSPS) is 18.1. The van der Waals surface area contributed by atoms with Gasteiger partial charge < -0.3 is 15.3 Å². The van der Waals surface area contributed by atoms with Gasteiger partial charge in [0.1, 0.15) is 6.04 Å². The average molecular weight is 449 g/mol. The molecule has 2 aliphatic rings. The first-order valence-electron chi connectivity index (χ1n) is 10.5. The Morgan fingerprint density at radius 3 is 2.42 bits per heavy atom. The van der Waals surface area contributed by atoms with Crippen LogP contribution in [-0.2, 0) is 26.3 Å². The summed E-state index contributed by atoms with van der Waals surface area (Å²) in [5, 5.41) is 14.4. The molecule has 9 heteroatoms. The molecular weight excluding hydrogens is 426 g/mol. The first-order chi connectivity index (χ1) is 15.6. The third-order valence-corrected chi connectivity index (χ3v) is 6.23. The summed E-state index contributed by atoms with van der Waals surface area (Å²) in [5.41, 5.74) is 1.20. The number of carbonyl (C=O) groups is 5. The number of nitrogens with one attached hydrogen (secondary N) is 2. The number of hydrogen-bond acceptors (Lipinski definition) is 5. The summed E-state index contributed by atoms with van der Waals surface area (Å²) in [5.74, 6) is -2.60. The van der Waals surface area contributed by atoms with Gasteiger partial charge in [0.15, 0.2) is 0 Å². The van der Waals surface area contributed by atoms with Gasteiger partial charge in [-0.3, -0.25) is 29.3 Å². The number of amides is 4. The highest BCUT2D eigenvalue weighted by atomic mass is 16.4. The van der Waals surface area contributed by atoms with Gasteiger partial charge in [-0.15, -0.1) is 0 Å². The Labute approximate surface area is 189 Å². The van der Waals surface area contributed by atoms with Crippen molar-refractivity contribution < 1.29 is 29.1 Å². The number of hydrogen-bond donors (Lipinski definition) is 3. The molecule has 3 N–H and O–H groups in total. The number of carboxylic acid groups (broad SMARTS) is 1. The summed E-state index contributed by atoms with van der Waals surface area (Å²) in [6, 6.07) is 10.6. The third kappa shape index (κ3) is 3.97. The fourth-order valence-electron chi connectivity index (χ4n) is 4.09. The van der Waals surface area contributed by atoms with Crippen LogP contribution in [0.4, 0.5) is 5.69 Å². The van der Waals surface area contributed by atoms with Crippen LogP contribution in [0.25, 0.3) is 0 Å². The lowest BCUT2D eigenvalue weighted by molar-refractivity contribution is -0.142. The molecule has 0 spiro atoms. The molecule has 2 aromatic rings. The van der Waals surface area contributed by atoms with Crippen molar-refractivity contribution in [2.45, 2.75) is 44.7 Å². The van der Waals surface area contributed by atoms with Crippen LogP contribution in [0.3, 0.4) is 0 Å². The summed E-state index contributed by atoms with van der Waals surface area (Å²) < 4.78 is 0. The van der Waals surface area contributed by atoms with Gasteiger partial charge in [-0.2, -0.15) is 0 Å². The van der Waals surface area contributed by atoms with E-state index in [-0.39, 0.29) is 31.2 Å². The second-order valence-corrected chi connectivity index (χ2v) is 8.69. The van der Waals surface area contributed by atoms with E-state index >= 15 is 0 Å². The van der Waals surface area contributed by atoms with Crippen molar-refractivity contribution in [2.24, 2.45) is 0 Å². The standard InChI is InChI=1S/C24H23N3O6/c1-24(2,23(32)33)13-6-8-14(9-7-13)25-20(29)15-4-3-5-16-17(15)12-27(22(16)31)18-10-11-19(28)26-21(18)30/h3-9,18H,10-12H2,1-2H3,(H,25,29)(H,32,33)(H,26,28,30). The van der Waals surface area contributed by atoms with E-state index < -0.39 is 29.2 Å². The molecule has 170 valence electrons. The van der Waals surface area contributed by atoms with Crippen LogP contribution in [0.2, 0.25) is 0 Å². The van der Waals surface area contributed by atoms with Crippen LogP contribution in [0.1, 0.15) is 58.5 Å². The van der Waals surface area contributed by atoms with Gasteiger partial charge in [-0.05, 0) is 55.7 Å². The average Bonchev–Trinajstić information content (AvgIpc) is 3.10.